The number of aromatic nitrogens is 3. The van der Waals surface area contributed by atoms with E-state index in [-0.39, 0.29) is 5.41 Å². The largest absolute Gasteiger partial charge is 0.278 e. The van der Waals surface area contributed by atoms with Crippen molar-refractivity contribution in [2.75, 3.05) is 0 Å². The van der Waals surface area contributed by atoms with Gasteiger partial charge in [0.25, 0.3) is 0 Å². The number of rotatable bonds is 2. The summed E-state index contributed by atoms with van der Waals surface area (Å²) in [6.45, 7) is 4.67. The predicted octanol–water partition coefficient (Wildman–Crippen LogP) is 11.6. The molecule has 3 nitrogen and oxygen atoms in total. The number of nitrogens with zero attached hydrogens (tertiary/aromatic N) is 3. The minimum absolute atomic E-state index is 0.0987. The SMILES string of the molecule is CC1(C)c2ccccc2-c2ccc(-c3nc(-n4c5cccc6c7ccccc7c7c8ccccc8cc4c7c65)nc4ccccc34)cc21. The van der Waals surface area contributed by atoms with Crippen molar-refractivity contribution in [3.8, 4) is 28.3 Å². The molecule has 10 aromatic rings. The van der Waals surface area contributed by atoms with Crippen LogP contribution in [0.5, 0.6) is 0 Å². The van der Waals surface area contributed by atoms with Crippen LogP contribution in [0.3, 0.4) is 0 Å². The van der Waals surface area contributed by atoms with Crippen LogP contribution >= 0.6 is 0 Å². The van der Waals surface area contributed by atoms with Gasteiger partial charge >= 0.3 is 0 Å². The molecule has 3 heteroatoms. The van der Waals surface area contributed by atoms with Gasteiger partial charge in [0.1, 0.15) is 0 Å². The van der Waals surface area contributed by atoms with E-state index in [4.69, 9.17) is 9.97 Å². The first kappa shape index (κ1) is 26.1. The summed E-state index contributed by atoms with van der Waals surface area (Å²) in [7, 11) is 0. The average molecular weight is 612 g/mol. The van der Waals surface area contributed by atoms with Crippen LogP contribution < -0.4 is 0 Å². The Labute approximate surface area is 277 Å². The van der Waals surface area contributed by atoms with Crippen LogP contribution in [0.15, 0.2) is 140 Å². The second-order valence-electron chi connectivity index (χ2n) is 13.8. The molecular weight excluding hydrogens is 583 g/mol. The van der Waals surface area contributed by atoms with Crippen molar-refractivity contribution in [2.24, 2.45) is 0 Å². The van der Waals surface area contributed by atoms with Gasteiger partial charge in [-0.2, -0.15) is 0 Å². The molecule has 1 aliphatic rings. The van der Waals surface area contributed by atoms with Crippen LogP contribution in [0.4, 0.5) is 0 Å². The Morgan fingerprint density at radius 3 is 2.06 bits per heavy atom. The number of fused-ring (bicyclic) bond motifs is 9. The van der Waals surface area contributed by atoms with E-state index in [1.807, 2.05) is 0 Å². The summed E-state index contributed by atoms with van der Waals surface area (Å²) in [5, 5.41) is 11.2. The van der Waals surface area contributed by atoms with Crippen LogP contribution in [-0.2, 0) is 5.41 Å². The number of hydrogen-bond acceptors (Lipinski definition) is 2. The molecule has 0 aliphatic heterocycles. The van der Waals surface area contributed by atoms with Gasteiger partial charge in [0.2, 0.25) is 5.95 Å². The van der Waals surface area contributed by atoms with Gasteiger partial charge in [-0.05, 0) is 73.5 Å². The van der Waals surface area contributed by atoms with Crippen molar-refractivity contribution in [3.63, 3.8) is 0 Å². The zero-order valence-corrected chi connectivity index (χ0v) is 26.6. The Morgan fingerprint density at radius 2 is 1.17 bits per heavy atom. The van der Waals surface area contributed by atoms with E-state index in [0.29, 0.717) is 5.95 Å². The van der Waals surface area contributed by atoms with Gasteiger partial charge in [-0.3, -0.25) is 4.57 Å². The Morgan fingerprint density at radius 1 is 0.479 bits per heavy atom. The van der Waals surface area contributed by atoms with Crippen molar-refractivity contribution >= 4 is 65.0 Å². The molecular formula is C45H29N3. The summed E-state index contributed by atoms with van der Waals surface area (Å²) in [4.78, 5) is 10.8. The standard InChI is InChI=1S/C45H29N3/c1-45(2)35-19-9-7-15-30(35)31-23-22-27(24-36(31)45)43-34-17-8-10-20-37(34)46-44(47-43)48-38-21-11-18-33-29-14-5-6-16-32(29)40-28-13-4-3-12-26(28)25-39(48)42(40)41(33)38/h3-25H,1-2H3. The highest BCUT2D eigenvalue weighted by atomic mass is 15.2. The summed E-state index contributed by atoms with van der Waals surface area (Å²) in [5.74, 6) is 0.691. The fourth-order valence-corrected chi connectivity index (χ4v) is 8.77. The van der Waals surface area contributed by atoms with Gasteiger partial charge in [0.15, 0.2) is 0 Å². The van der Waals surface area contributed by atoms with E-state index in [1.165, 1.54) is 65.3 Å². The lowest BCUT2D eigenvalue weighted by Crippen LogP contribution is -2.15. The summed E-state index contributed by atoms with van der Waals surface area (Å²) in [6, 6.07) is 50.8. The molecule has 48 heavy (non-hydrogen) atoms. The summed E-state index contributed by atoms with van der Waals surface area (Å²) in [6.07, 6.45) is 0. The fraction of sp³-hybridized carbons (Fsp3) is 0.0667. The van der Waals surface area contributed by atoms with Crippen molar-refractivity contribution in [3.05, 3.63) is 151 Å². The minimum atomic E-state index is -0.0987. The Bertz CT molecular complexity index is 2970. The van der Waals surface area contributed by atoms with E-state index >= 15 is 0 Å². The lowest BCUT2D eigenvalue weighted by Gasteiger charge is -2.22. The Kier molecular flexibility index (Phi) is 4.91. The topological polar surface area (TPSA) is 30.7 Å². The molecule has 0 radical (unpaired) electrons. The van der Waals surface area contributed by atoms with E-state index in [2.05, 4.69) is 158 Å². The molecule has 0 saturated carbocycles. The quantitative estimate of drug-likeness (QED) is 0.182. The van der Waals surface area contributed by atoms with Crippen LogP contribution in [-0.4, -0.2) is 14.5 Å². The molecule has 0 unspecified atom stereocenters. The molecule has 224 valence electrons. The third kappa shape index (κ3) is 3.23. The summed E-state index contributed by atoms with van der Waals surface area (Å²) >= 11 is 0. The van der Waals surface area contributed by atoms with Crippen LogP contribution in [0.2, 0.25) is 0 Å². The normalized spacial score (nSPS) is 13.8. The first-order valence-electron chi connectivity index (χ1n) is 16.7. The Balaban J connectivity index is 1.26. The molecule has 0 N–H and O–H groups in total. The van der Waals surface area contributed by atoms with Gasteiger partial charge in [0.05, 0.1) is 22.2 Å². The number of benzene rings is 8. The van der Waals surface area contributed by atoms with E-state index in [9.17, 15) is 0 Å². The maximum atomic E-state index is 5.50. The first-order chi connectivity index (χ1) is 23.6. The third-order valence-corrected chi connectivity index (χ3v) is 10.9. The highest BCUT2D eigenvalue weighted by molar-refractivity contribution is 6.39. The lowest BCUT2D eigenvalue weighted by molar-refractivity contribution is 0.660. The average Bonchev–Trinajstić information content (AvgIpc) is 3.58. The van der Waals surface area contributed by atoms with Crippen LogP contribution in [0.25, 0.3) is 93.4 Å². The zero-order valence-electron chi connectivity index (χ0n) is 26.6. The number of para-hydroxylation sites is 1. The molecule has 0 atom stereocenters. The number of hydrogen-bond donors (Lipinski definition) is 0. The van der Waals surface area contributed by atoms with Crippen molar-refractivity contribution < 1.29 is 0 Å². The molecule has 1 aliphatic carbocycles. The maximum Gasteiger partial charge on any atom is 0.235 e. The summed E-state index contributed by atoms with van der Waals surface area (Å²) in [5.41, 5.74) is 10.5. The van der Waals surface area contributed by atoms with Crippen LogP contribution in [0.1, 0.15) is 25.0 Å². The van der Waals surface area contributed by atoms with Crippen molar-refractivity contribution in [1.29, 1.82) is 0 Å². The van der Waals surface area contributed by atoms with Gasteiger partial charge in [-0.25, -0.2) is 9.97 Å². The second kappa shape index (κ2) is 9.05. The van der Waals surface area contributed by atoms with Crippen LogP contribution in [0, 0.1) is 0 Å². The summed E-state index contributed by atoms with van der Waals surface area (Å²) < 4.78 is 2.30. The highest BCUT2D eigenvalue weighted by Gasteiger charge is 2.35. The lowest BCUT2D eigenvalue weighted by atomic mass is 9.82. The fourth-order valence-electron chi connectivity index (χ4n) is 8.77. The first-order valence-corrected chi connectivity index (χ1v) is 16.7. The zero-order chi connectivity index (χ0) is 31.7. The molecule has 2 heterocycles. The Hall–Kier alpha value is -6.06. The predicted molar refractivity (Wildman–Crippen MR) is 201 cm³/mol. The smallest absolute Gasteiger partial charge is 0.235 e. The maximum absolute atomic E-state index is 5.50. The van der Waals surface area contributed by atoms with Gasteiger partial charge < -0.3 is 0 Å². The van der Waals surface area contributed by atoms with E-state index < -0.39 is 0 Å². The van der Waals surface area contributed by atoms with E-state index in [1.54, 1.807) is 0 Å². The molecule has 0 bridgehead atoms. The molecule has 0 spiro atoms. The molecule has 0 fully saturated rings. The monoisotopic (exact) mass is 611 g/mol. The molecule has 8 aromatic carbocycles. The molecule has 0 saturated heterocycles. The molecule has 11 rings (SSSR count). The molecule has 2 aromatic heterocycles. The van der Waals surface area contributed by atoms with E-state index in [0.717, 1.165) is 33.2 Å². The van der Waals surface area contributed by atoms with Gasteiger partial charge in [-0.15, -0.1) is 0 Å². The second-order valence-corrected chi connectivity index (χ2v) is 13.8. The van der Waals surface area contributed by atoms with Gasteiger partial charge in [-0.1, -0.05) is 129 Å². The molecule has 0 amide bonds. The third-order valence-electron chi connectivity index (χ3n) is 10.9. The van der Waals surface area contributed by atoms with Crippen molar-refractivity contribution in [1.82, 2.24) is 14.5 Å². The highest BCUT2D eigenvalue weighted by Crippen LogP contribution is 2.50. The minimum Gasteiger partial charge on any atom is -0.278 e. The van der Waals surface area contributed by atoms with Gasteiger partial charge in [0, 0.05) is 32.5 Å². The van der Waals surface area contributed by atoms with Crippen molar-refractivity contribution in [2.45, 2.75) is 19.3 Å².